The Kier molecular flexibility index (Phi) is 6.73. The van der Waals surface area contributed by atoms with Gasteiger partial charge in [0, 0.05) is 0 Å². The van der Waals surface area contributed by atoms with Gasteiger partial charge >= 0.3 is 0 Å². The second-order valence-electron chi connectivity index (χ2n) is 6.01. The lowest BCUT2D eigenvalue weighted by molar-refractivity contribution is -0.124. The van der Waals surface area contributed by atoms with Crippen molar-refractivity contribution < 1.29 is 4.79 Å². The molecule has 1 amide bonds. The standard InChI is InChI=1S/C17H28N2O/c1-5-13(4)16(18)17(20)19-15(11-12(2)3)14-9-7-6-8-10-14/h6-10,12-13,15-16H,5,11,18H2,1-4H3,(H,19,20)/t13?,15?,16-/m0/s1. The van der Waals surface area contributed by atoms with Crippen LogP contribution >= 0.6 is 0 Å². The van der Waals surface area contributed by atoms with Gasteiger partial charge in [-0.1, -0.05) is 64.4 Å². The van der Waals surface area contributed by atoms with Crippen LogP contribution in [0.5, 0.6) is 0 Å². The molecule has 0 saturated heterocycles. The third-order valence-corrected chi connectivity index (χ3v) is 3.79. The highest BCUT2D eigenvalue weighted by molar-refractivity contribution is 5.82. The average molecular weight is 276 g/mol. The van der Waals surface area contributed by atoms with Gasteiger partial charge in [-0.2, -0.15) is 0 Å². The van der Waals surface area contributed by atoms with Gasteiger partial charge in [-0.3, -0.25) is 4.79 Å². The predicted octanol–water partition coefficient (Wildman–Crippen LogP) is 3.26. The summed E-state index contributed by atoms with van der Waals surface area (Å²) in [5.41, 5.74) is 7.16. The highest BCUT2D eigenvalue weighted by Gasteiger charge is 2.23. The Balaban J connectivity index is 2.78. The third kappa shape index (κ3) is 4.97. The van der Waals surface area contributed by atoms with E-state index in [9.17, 15) is 4.79 Å². The molecule has 0 aliphatic rings. The van der Waals surface area contributed by atoms with Gasteiger partial charge in [0.05, 0.1) is 12.1 Å². The Labute approximate surface area is 122 Å². The van der Waals surface area contributed by atoms with E-state index >= 15 is 0 Å². The third-order valence-electron chi connectivity index (χ3n) is 3.79. The topological polar surface area (TPSA) is 55.1 Å². The lowest BCUT2D eigenvalue weighted by Gasteiger charge is -2.25. The number of benzene rings is 1. The number of hydrogen-bond donors (Lipinski definition) is 2. The molecule has 0 aromatic heterocycles. The molecule has 2 unspecified atom stereocenters. The van der Waals surface area contributed by atoms with Crippen LogP contribution in [0.3, 0.4) is 0 Å². The minimum atomic E-state index is -0.432. The fourth-order valence-corrected chi connectivity index (χ4v) is 2.22. The maximum absolute atomic E-state index is 12.3. The molecule has 1 aromatic rings. The van der Waals surface area contributed by atoms with Crippen molar-refractivity contribution in [2.24, 2.45) is 17.6 Å². The maximum Gasteiger partial charge on any atom is 0.237 e. The van der Waals surface area contributed by atoms with Gasteiger partial charge in [0.2, 0.25) is 5.91 Å². The van der Waals surface area contributed by atoms with Crippen molar-refractivity contribution in [1.29, 1.82) is 0 Å². The zero-order chi connectivity index (χ0) is 15.1. The molecule has 112 valence electrons. The smallest absolute Gasteiger partial charge is 0.237 e. The van der Waals surface area contributed by atoms with E-state index in [0.29, 0.717) is 5.92 Å². The van der Waals surface area contributed by atoms with E-state index in [1.165, 1.54) is 0 Å². The molecule has 1 aromatic carbocycles. The summed E-state index contributed by atoms with van der Waals surface area (Å²) in [6.45, 7) is 8.40. The second-order valence-corrected chi connectivity index (χ2v) is 6.01. The Morgan fingerprint density at radius 1 is 1.20 bits per heavy atom. The molecule has 0 heterocycles. The summed E-state index contributed by atoms with van der Waals surface area (Å²) in [7, 11) is 0. The molecular formula is C17H28N2O. The Morgan fingerprint density at radius 3 is 2.30 bits per heavy atom. The lowest BCUT2D eigenvalue weighted by atomic mass is 9.95. The number of hydrogen-bond acceptors (Lipinski definition) is 2. The van der Waals surface area contributed by atoms with Gasteiger partial charge in [0.25, 0.3) is 0 Å². The fraction of sp³-hybridized carbons (Fsp3) is 0.588. The quantitative estimate of drug-likeness (QED) is 0.803. The number of nitrogens with one attached hydrogen (secondary N) is 1. The van der Waals surface area contributed by atoms with Crippen molar-refractivity contribution in [2.75, 3.05) is 0 Å². The van der Waals surface area contributed by atoms with Crippen molar-refractivity contribution in [3.8, 4) is 0 Å². The van der Waals surface area contributed by atoms with Crippen LogP contribution in [0.1, 0.15) is 52.1 Å². The summed E-state index contributed by atoms with van der Waals surface area (Å²) in [6, 6.07) is 9.72. The first-order valence-electron chi connectivity index (χ1n) is 7.56. The minimum absolute atomic E-state index is 0.0406. The van der Waals surface area contributed by atoms with Crippen LogP contribution in [0.15, 0.2) is 30.3 Å². The molecule has 1 rings (SSSR count). The summed E-state index contributed by atoms with van der Waals surface area (Å²) in [5, 5.41) is 3.12. The van der Waals surface area contributed by atoms with Gasteiger partial charge < -0.3 is 11.1 Å². The maximum atomic E-state index is 12.3. The largest absolute Gasteiger partial charge is 0.348 e. The van der Waals surface area contributed by atoms with Crippen molar-refractivity contribution in [1.82, 2.24) is 5.32 Å². The first kappa shape index (κ1) is 16.7. The van der Waals surface area contributed by atoms with Gasteiger partial charge in [-0.05, 0) is 23.8 Å². The van der Waals surface area contributed by atoms with E-state index in [1.807, 2.05) is 25.1 Å². The normalized spacial score (nSPS) is 15.7. The summed E-state index contributed by atoms with van der Waals surface area (Å²) >= 11 is 0. The first-order valence-corrected chi connectivity index (χ1v) is 7.56. The van der Waals surface area contributed by atoms with E-state index in [4.69, 9.17) is 5.73 Å². The molecule has 0 fully saturated rings. The molecular weight excluding hydrogens is 248 g/mol. The zero-order valence-electron chi connectivity index (χ0n) is 13.1. The van der Waals surface area contributed by atoms with E-state index in [0.717, 1.165) is 18.4 Å². The van der Waals surface area contributed by atoms with Crippen LogP contribution in [0.4, 0.5) is 0 Å². The van der Waals surface area contributed by atoms with Gasteiger partial charge in [0.15, 0.2) is 0 Å². The van der Waals surface area contributed by atoms with E-state index in [2.05, 4.69) is 38.2 Å². The fourth-order valence-electron chi connectivity index (χ4n) is 2.22. The van der Waals surface area contributed by atoms with Crippen LogP contribution in [0.25, 0.3) is 0 Å². The molecule has 0 radical (unpaired) electrons. The van der Waals surface area contributed by atoms with Gasteiger partial charge in [-0.25, -0.2) is 0 Å². The van der Waals surface area contributed by atoms with Crippen molar-refractivity contribution in [3.05, 3.63) is 35.9 Å². The molecule has 3 heteroatoms. The van der Waals surface area contributed by atoms with Gasteiger partial charge in [-0.15, -0.1) is 0 Å². The van der Waals surface area contributed by atoms with E-state index < -0.39 is 6.04 Å². The van der Waals surface area contributed by atoms with Crippen molar-refractivity contribution >= 4 is 5.91 Å². The average Bonchev–Trinajstić information content (AvgIpc) is 2.45. The molecule has 0 aliphatic carbocycles. The summed E-state index contributed by atoms with van der Waals surface area (Å²) in [6.07, 6.45) is 1.83. The Bertz CT molecular complexity index is 403. The molecule has 3 atom stereocenters. The molecule has 0 spiro atoms. The van der Waals surface area contributed by atoms with Crippen LogP contribution in [-0.4, -0.2) is 11.9 Å². The lowest BCUT2D eigenvalue weighted by Crippen LogP contribution is -2.46. The number of carbonyl (C=O) groups is 1. The van der Waals surface area contributed by atoms with E-state index in [1.54, 1.807) is 0 Å². The van der Waals surface area contributed by atoms with Crippen molar-refractivity contribution in [2.45, 2.75) is 52.6 Å². The van der Waals surface area contributed by atoms with Crippen LogP contribution in [-0.2, 0) is 4.79 Å². The second kappa shape index (κ2) is 8.05. The van der Waals surface area contributed by atoms with Gasteiger partial charge in [0.1, 0.15) is 0 Å². The number of amides is 1. The van der Waals surface area contributed by atoms with E-state index in [-0.39, 0.29) is 17.9 Å². The molecule has 20 heavy (non-hydrogen) atoms. The first-order chi connectivity index (χ1) is 9.45. The summed E-state index contributed by atoms with van der Waals surface area (Å²) < 4.78 is 0. The predicted molar refractivity (Wildman–Crippen MR) is 84.2 cm³/mol. The Hall–Kier alpha value is -1.35. The van der Waals surface area contributed by atoms with Crippen LogP contribution in [0.2, 0.25) is 0 Å². The highest BCUT2D eigenvalue weighted by Crippen LogP contribution is 2.21. The minimum Gasteiger partial charge on any atom is -0.348 e. The SMILES string of the molecule is CCC(C)[C@H](N)C(=O)NC(CC(C)C)c1ccccc1. The zero-order valence-corrected chi connectivity index (χ0v) is 13.1. The number of rotatable bonds is 7. The molecule has 3 nitrogen and oxygen atoms in total. The molecule has 0 aliphatic heterocycles. The monoisotopic (exact) mass is 276 g/mol. The van der Waals surface area contributed by atoms with Crippen LogP contribution in [0, 0.1) is 11.8 Å². The molecule has 0 saturated carbocycles. The number of carbonyl (C=O) groups excluding carboxylic acids is 1. The summed E-state index contributed by atoms with van der Waals surface area (Å²) in [5.74, 6) is 0.666. The number of nitrogens with two attached hydrogens (primary N) is 1. The van der Waals surface area contributed by atoms with Crippen LogP contribution < -0.4 is 11.1 Å². The highest BCUT2D eigenvalue weighted by atomic mass is 16.2. The molecule has 0 bridgehead atoms. The summed E-state index contributed by atoms with van der Waals surface area (Å²) in [4.78, 5) is 12.3. The molecule has 3 N–H and O–H groups in total. The Morgan fingerprint density at radius 2 is 1.80 bits per heavy atom. The van der Waals surface area contributed by atoms with Crippen molar-refractivity contribution in [3.63, 3.8) is 0 Å².